The lowest BCUT2D eigenvalue weighted by atomic mass is 10.2. The molecule has 1 aliphatic carbocycles. The van der Waals surface area contributed by atoms with Crippen molar-refractivity contribution in [2.75, 3.05) is 20.8 Å². The van der Waals surface area contributed by atoms with Crippen LogP contribution in [0.5, 0.6) is 17.2 Å². The van der Waals surface area contributed by atoms with Crippen molar-refractivity contribution in [1.82, 2.24) is 10.6 Å². The zero-order valence-electron chi connectivity index (χ0n) is 17.4. The number of benzene rings is 2. The largest absolute Gasteiger partial charge is 0.497 e. The van der Waals surface area contributed by atoms with E-state index in [1.165, 1.54) is 12.8 Å². The third kappa shape index (κ3) is 5.89. The second-order valence-electron chi connectivity index (χ2n) is 7.20. The lowest BCUT2D eigenvalue weighted by Gasteiger charge is -2.16. The molecular formula is C23H28N2O5. The molecule has 7 nitrogen and oxygen atoms in total. The Morgan fingerprint density at radius 1 is 0.933 bits per heavy atom. The molecule has 0 aliphatic heterocycles. The summed E-state index contributed by atoms with van der Waals surface area (Å²) < 4.78 is 16.5. The van der Waals surface area contributed by atoms with Gasteiger partial charge in [0.15, 0.2) is 11.5 Å². The molecule has 0 atom stereocenters. The smallest absolute Gasteiger partial charge is 0.251 e. The minimum Gasteiger partial charge on any atom is -0.497 e. The maximum Gasteiger partial charge on any atom is 0.251 e. The van der Waals surface area contributed by atoms with Crippen LogP contribution >= 0.6 is 0 Å². The van der Waals surface area contributed by atoms with Crippen LogP contribution < -0.4 is 24.8 Å². The molecule has 2 aromatic rings. The van der Waals surface area contributed by atoms with Crippen molar-refractivity contribution in [2.24, 2.45) is 0 Å². The molecule has 1 saturated carbocycles. The molecule has 0 radical (unpaired) electrons. The second kappa shape index (κ2) is 10.5. The lowest BCUT2D eigenvalue weighted by Crippen LogP contribution is -2.36. The fourth-order valence-corrected chi connectivity index (χ4v) is 3.36. The number of rotatable bonds is 9. The summed E-state index contributed by atoms with van der Waals surface area (Å²) in [6, 6.07) is 12.5. The molecular weight excluding hydrogens is 384 g/mol. The molecule has 0 unspecified atom stereocenters. The molecule has 2 N–H and O–H groups in total. The summed E-state index contributed by atoms with van der Waals surface area (Å²) in [5, 5.41) is 5.41. The van der Waals surface area contributed by atoms with E-state index in [1.54, 1.807) is 32.4 Å². The molecule has 30 heavy (non-hydrogen) atoms. The number of carbonyl (C=O) groups is 2. The van der Waals surface area contributed by atoms with Gasteiger partial charge in [0.1, 0.15) is 5.75 Å². The van der Waals surface area contributed by atoms with Crippen LogP contribution in [0.15, 0.2) is 42.5 Å². The van der Waals surface area contributed by atoms with Gasteiger partial charge in [0.2, 0.25) is 5.91 Å². The zero-order valence-corrected chi connectivity index (χ0v) is 17.4. The van der Waals surface area contributed by atoms with E-state index in [4.69, 9.17) is 14.2 Å². The maximum atomic E-state index is 12.4. The van der Waals surface area contributed by atoms with E-state index in [2.05, 4.69) is 10.6 Å². The number of nitrogens with one attached hydrogen (secondary N) is 2. The first-order chi connectivity index (χ1) is 14.6. The van der Waals surface area contributed by atoms with Gasteiger partial charge < -0.3 is 24.8 Å². The molecule has 0 spiro atoms. The summed E-state index contributed by atoms with van der Waals surface area (Å²) in [6.07, 6.45) is 4.63. The summed E-state index contributed by atoms with van der Waals surface area (Å²) in [5.41, 5.74) is 1.35. The van der Waals surface area contributed by atoms with Gasteiger partial charge >= 0.3 is 0 Å². The molecule has 0 aromatic heterocycles. The number of hydrogen-bond donors (Lipinski definition) is 2. The Labute approximate surface area is 176 Å². The summed E-state index contributed by atoms with van der Waals surface area (Å²) in [4.78, 5) is 24.5. The predicted octanol–water partition coefficient (Wildman–Crippen LogP) is 3.07. The topological polar surface area (TPSA) is 85.9 Å². The normalized spacial score (nSPS) is 13.5. The number of amides is 2. The van der Waals surface area contributed by atoms with Crippen molar-refractivity contribution in [1.29, 1.82) is 0 Å². The van der Waals surface area contributed by atoms with E-state index in [0.717, 1.165) is 24.2 Å². The van der Waals surface area contributed by atoms with Crippen molar-refractivity contribution < 1.29 is 23.8 Å². The highest BCUT2D eigenvalue weighted by Crippen LogP contribution is 2.32. The fourth-order valence-electron chi connectivity index (χ4n) is 3.36. The first-order valence-corrected chi connectivity index (χ1v) is 10.1. The van der Waals surface area contributed by atoms with Crippen LogP contribution in [0.2, 0.25) is 0 Å². The summed E-state index contributed by atoms with van der Waals surface area (Å²) in [6.45, 7) is 0.261. The molecule has 160 valence electrons. The van der Waals surface area contributed by atoms with Gasteiger partial charge in [0.05, 0.1) is 26.9 Å². The van der Waals surface area contributed by atoms with Crippen LogP contribution in [0.25, 0.3) is 0 Å². The van der Waals surface area contributed by atoms with E-state index >= 15 is 0 Å². The average Bonchev–Trinajstić information content (AvgIpc) is 3.29. The Bertz CT molecular complexity index is 860. The van der Waals surface area contributed by atoms with Crippen LogP contribution in [0.1, 0.15) is 41.6 Å². The molecule has 7 heteroatoms. The first-order valence-electron chi connectivity index (χ1n) is 10.1. The molecule has 1 fully saturated rings. The highest BCUT2D eigenvalue weighted by molar-refractivity contribution is 5.97. The minimum atomic E-state index is -0.347. The maximum absolute atomic E-state index is 12.4. The van der Waals surface area contributed by atoms with E-state index in [-0.39, 0.29) is 24.5 Å². The number of carbonyl (C=O) groups excluding carboxylic acids is 2. The van der Waals surface area contributed by atoms with E-state index in [1.807, 2.05) is 24.3 Å². The number of ether oxygens (including phenoxy) is 3. The minimum absolute atomic E-state index is 0.113. The van der Waals surface area contributed by atoms with E-state index in [0.29, 0.717) is 23.6 Å². The third-order valence-electron chi connectivity index (χ3n) is 5.08. The molecule has 0 bridgehead atoms. The molecule has 0 saturated heterocycles. The standard InChI is InChI=1S/C23H28N2O5/c1-28-18-10-7-16(8-11-18)14-24-22(26)15-25-23(27)17-9-12-20(21(13-17)29-2)30-19-5-3-4-6-19/h7-13,19H,3-6,14-15H2,1-2H3,(H,24,26)(H,25,27). The van der Waals surface area contributed by atoms with Crippen LogP contribution in [0, 0.1) is 0 Å². The first kappa shape index (κ1) is 21.5. The Morgan fingerprint density at radius 3 is 2.33 bits per heavy atom. The van der Waals surface area contributed by atoms with E-state index < -0.39 is 0 Å². The highest BCUT2D eigenvalue weighted by atomic mass is 16.5. The Morgan fingerprint density at radius 2 is 1.67 bits per heavy atom. The van der Waals surface area contributed by atoms with Crippen LogP contribution in [0.4, 0.5) is 0 Å². The predicted molar refractivity (Wildman–Crippen MR) is 113 cm³/mol. The lowest BCUT2D eigenvalue weighted by molar-refractivity contribution is -0.120. The second-order valence-corrected chi connectivity index (χ2v) is 7.20. The highest BCUT2D eigenvalue weighted by Gasteiger charge is 2.19. The van der Waals surface area contributed by atoms with Gasteiger partial charge in [-0.15, -0.1) is 0 Å². The number of methoxy groups -OCH3 is 2. The Balaban J connectivity index is 1.48. The fraction of sp³-hybridized carbons (Fsp3) is 0.391. The van der Waals surface area contributed by atoms with Gasteiger partial charge in [-0.3, -0.25) is 9.59 Å². The van der Waals surface area contributed by atoms with Crippen LogP contribution in [-0.4, -0.2) is 38.7 Å². The summed E-state index contributed by atoms with van der Waals surface area (Å²) in [5.74, 6) is 1.29. The molecule has 2 amide bonds. The van der Waals surface area contributed by atoms with Crippen molar-refractivity contribution in [3.05, 3.63) is 53.6 Å². The summed E-state index contributed by atoms with van der Waals surface area (Å²) >= 11 is 0. The van der Waals surface area contributed by atoms with Gasteiger partial charge in [-0.2, -0.15) is 0 Å². The van der Waals surface area contributed by atoms with Gasteiger partial charge in [-0.1, -0.05) is 12.1 Å². The SMILES string of the molecule is COc1ccc(CNC(=O)CNC(=O)c2ccc(OC3CCCC3)c(OC)c2)cc1. The van der Waals surface area contributed by atoms with Gasteiger partial charge in [-0.25, -0.2) is 0 Å². The average molecular weight is 412 g/mol. The Hall–Kier alpha value is -3.22. The molecule has 1 aliphatic rings. The quantitative estimate of drug-likeness (QED) is 0.661. The molecule has 2 aromatic carbocycles. The zero-order chi connectivity index (χ0) is 21.3. The third-order valence-corrected chi connectivity index (χ3v) is 5.08. The van der Waals surface area contributed by atoms with E-state index in [9.17, 15) is 9.59 Å². The van der Waals surface area contributed by atoms with Crippen molar-refractivity contribution in [3.8, 4) is 17.2 Å². The van der Waals surface area contributed by atoms with Crippen molar-refractivity contribution in [2.45, 2.75) is 38.3 Å². The van der Waals surface area contributed by atoms with Gasteiger partial charge in [0, 0.05) is 12.1 Å². The summed E-state index contributed by atoms with van der Waals surface area (Å²) in [7, 11) is 3.15. The van der Waals surface area contributed by atoms with Crippen LogP contribution in [0.3, 0.4) is 0 Å². The van der Waals surface area contributed by atoms with Crippen LogP contribution in [-0.2, 0) is 11.3 Å². The number of hydrogen-bond acceptors (Lipinski definition) is 5. The van der Waals surface area contributed by atoms with Crippen molar-refractivity contribution in [3.63, 3.8) is 0 Å². The van der Waals surface area contributed by atoms with Gasteiger partial charge in [-0.05, 0) is 61.6 Å². The van der Waals surface area contributed by atoms with Gasteiger partial charge in [0.25, 0.3) is 5.91 Å². The molecule has 3 rings (SSSR count). The monoisotopic (exact) mass is 412 g/mol. The molecule has 0 heterocycles. The van der Waals surface area contributed by atoms with Crippen molar-refractivity contribution >= 4 is 11.8 Å². The Kier molecular flexibility index (Phi) is 7.54.